The van der Waals surface area contributed by atoms with Gasteiger partial charge in [-0.25, -0.2) is 0 Å². The molecule has 0 aliphatic carbocycles. The number of aliphatic hydroxyl groups is 5. The zero-order valence-electron chi connectivity index (χ0n) is 11.8. The molecule has 3 rings (SSSR count). The van der Waals surface area contributed by atoms with Crippen LogP contribution in [0, 0.1) is 0 Å². The van der Waals surface area contributed by atoms with Gasteiger partial charge in [0.05, 0.1) is 6.61 Å². The normalized spacial score (nSPS) is 54.8. The second-order valence-corrected chi connectivity index (χ2v) is 5.50. The van der Waals surface area contributed by atoms with E-state index in [2.05, 4.69) is 0 Å². The molecule has 0 radical (unpaired) electrons. The number of aliphatic hydroxyl groups excluding tert-OH is 5. The van der Waals surface area contributed by atoms with E-state index in [1.54, 1.807) is 0 Å². The molecule has 10 unspecified atom stereocenters. The number of fused-ring (bicyclic) bond motifs is 1. The summed E-state index contributed by atoms with van der Waals surface area (Å²) in [6.07, 6.45) is -11.2. The standard InChI is InChI=1S/C12H20O10/c1-18-10-7(17)8(9-12(21-9)22-10)20-11-6(16)5(15)4(14)3(2-13)19-11/h3-17H,2H2,1H3. The van der Waals surface area contributed by atoms with Gasteiger partial charge in [-0.15, -0.1) is 0 Å². The highest BCUT2D eigenvalue weighted by Gasteiger charge is 2.59. The highest BCUT2D eigenvalue weighted by molar-refractivity contribution is 4.98. The van der Waals surface area contributed by atoms with Gasteiger partial charge >= 0.3 is 0 Å². The third-order valence-electron chi connectivity index (χ3n) is 4.06. The Bertz CT molecular complexity index is 392. The molecule has 22 heavy (non-hydrogen) atoms. The fraction of sp³-hybridized carbons (Fsp3) is 1.00. The van der Waals surface area contributed by atoms with Crippen molar-refractivity contribution in [3.8, 4) is 0 Å². The molecule has 5 N–H and O–H groups in total. The molecular weight excluding hydrogens is 304 g/mol. The van der Waals surface area contributed by atoms with Crippen LogP contribution in [0.5, 0.6) is 0 Å². The number of hydrogen-bond donors (Lipinski definition) is 5. The first-order valence-electron chi connectivity index (χ1n) is 6.95. The van der Waals surface area contributed by atoms with Crippen LogP contribution in [0.1, 0.15) is 0 Å². The van der Waals surface area contributed by atoms with E-state index >= 15 is 0 Å². The van der Waals surface area contributed by atoms with E-state index in [4.69, 9.17) is 28.8 Å². The zero-order chi connectivity index (χ0) is 16.0. The van der Waals surface area contributed by atoms with E-state index in [-0.39, 0.29) is 0 Å². The van der Waals surface area contributed by atoms with Crippen LogP contribution in [0.2, 0.25) is 0 Å². The molecule has 0 bridgehead atoms. The van der Waals surface area contributed by atoms with Crippen LogP contribution in [0.3, 0.4) is 0 Å². The van der Waals surface area contributed by atoms with Crippen molar-refractivity contribution in [2.75, 3.05) is 13.7 Å². The van der Waals surface area contributed by atoms with E-state index in [1.165, 1.54) is 7.11 Å². The van der Waals surface area contributed by atoms with Gasteiger partial charge in [0.15, 0.2) is 18.9 Å². The predicted octanol–water partition coefficient (Wildman–Crippen LogP) is -3.74. The maximum atomic E-state index is 10.1. The minimum absolute atomic E-state index is 0.547. The summed E-state index contributed by atoms with van der Waals surface area (Å²) in [6, 6.07) is 0. The van der Waals surface area contributed by atoms with Gasteiger partial charge in [-0.05, 0) is 0 Å². The molecular formula is C12H20O10. The highest BCUT2D eigenvalue weighted by atomic mass is 16.8. The number of ether oxygens (including phenoxy) is 5. The topological polar surface area (TPSA) is 151 Å². The van der Waals surface area contributed by atoms with Crippen LogP contribution in [-0.2, 0) is 23.7 Å². The van der Waals surface area contributed by atoms with Crippen LogP contribution in [-0.4, -0.2) is 101 Å². The van der Waals surface area contributed by atoms with Crippen molar-refractivity contribution < 1.29 is 49.2 Å². The largest absolute Gasteiger partial charge is 0.394 e. The molecule has 0 spiro atoms. The fourth-order valence-electron chi connectivity index (χ4n) is 2.70. The van der Waals surface area contributed by atoms with E-state index in [0.29, 0.717) is 0 Å². The van der Waals surface area contributed by atoms with Crippen LogP contribution in [0.4, 0.5) is 0 Å². The van der Waals surface area contributed by atoms with Crippen LogP contribution >= 0.6 is 0 Å². The van der Waals surface area contributed by atoms with Crippen molar-refractivity contribution in [2.45, 2.75) is 61.6 Å². The Morgan fingerprint density at radius 3 is 2.23 bits per heavy atom. The summed E-state index contributed by atoms with van der Waals surface area (Å²) in [7, 11) is 1.35. The van der Waals surface area contributed by atoms with Crippen LogP contribution in [0.15, 0.2) is 0 Å². The van der Waals surface area contributed by atoms with E-state index in [0.717, 1.165) is 0 Å². The van der Waals surface area contributed by atoms with Crippen molar-refractivity contribution in [1.82, 2.24) is 0 Å². The third-order valence-corrected chi connectivity index (χ3v) is 4.06. The summed E-state index contributed by atoms with van der Waals surface area (Å²) in [5, 5.41) is 48.6. The van der Waals surface area contributed by atoms with Crippen molar-refractivity contribution >= 4 is 0 Å². The monoisotopic (exact) mass is 324 g/mol. The average Bonchev–Trinajstić information content (AvgIpc) is 3.28. The zero-order valence-corrected chi connectivity index (χ0v) is 11.8. The average molecular weight is 324 g/mol. The maximum Gasteiger partial charge on any atom is 0.190 e. The Morgan fingerprint density at radius 1 is 0.864 bits per heavy atom. The molecule has 128 valence electrons. The quantitative estimate of drug-likeness (QED) is 0.326. The summed E-state index contributed by atoms with van der Waals surface area (Å²) < 4.78 is 26.1. The molecule has 0 aromatic carbocycles. The molecule has 0 aromatic rings. The Morgan fingerprint density at radius 2 is 1.59 bits per heavy atom. The van der Waals surface area contributed by atoms with Crippen LogP contribution < -0.4 is 0 Å². The van der Waals surface area contributed by atoms with Gasteiger partial charge in [-0.2, -0.15) is 0 Å². The lowest BCUT2D eigenvalue weighted by atomic mass is 9.99. The van der Waals surface area contributed by atoms with Gasteiger partial charge in [0.2, 0.25) is 0 Å². The molecule has 3 heterocycles. The third kappa shape index (κ3) is 2.76. The van der Waals surface area contributed by atoms with Gasteiger partial charge in [0.1, 0.15) is 42.7 Å². The van der Waals surface area contributed by atoms with E-state index < -0.39 is 68.2 Å². The second kappa shape index (κ2) is 6.24. The predicted molar refractivity (Wildman–Crippen MR) is 65.2 cm³/mol. The summed E-state index contributed by atoms with van der Waals surface area (Å²) >= 11 is 0. The lowest BCUT2D eigenvalue weighted by Gasteiger charge is -2.42. The molecule has 3 aliphatic heterocycles. The van der Waals surface area contributed by atoms with Crippen molar-refractivity contribution in [1.29, 1.82) is 0 Å². The minimum Gasteiger partial charge on any atom is -0.394 e. The number of rotatable bonds is 4. The molecule has 0 amide bonds. The molecule has 0 saturated carbocycles. The molecule has 0 aromatic heterocycles. The number of hydrogen-bond acceptors (Lipinski definition) is 10. The summed E-state index contributed by atoms with van der Waals surface area (Å²) in [5.74, 6) is 0. The smallest absolute Gasteiger partial charge is 0.190 e. The lowest BCUT2D eigenvalue weighted by Crippen LogP contribution is -2.61. The van der Waals surface area contributed by atoms with Gasteiger partial charge < -0.3 is 49.2 Å². The van der Waals surface area contributed by atoms with Crippen molar-refractivity contribution in [3.63, 3.8) is 0 Å². The molecule has 10 heteroatoms. The molecule has 3 saturated heterocycles. The number of methoxy groups -OCH3 is 1. The van der Waals surface area contributed by atoms with Gasteiger partial charge in [0, 0.05) is 7.11 Å². The van der Waals surface area contributed by atoms with Crippen molar-refractivity contribution in [2.24, 2.45) is 0 Å². The van der Waals surface area contributed by atoms with E-state index in [1.807, 2.05) is 0 Å². The first-order chi connectivity index (χ1) is 10.5. The van der Waals surface area contributed by atoms with Crippen LogP contribution in [0.25, 0.3) is 0 Å². The van der Waals surface area contributed by atoms with Crippen molar-refractivity contribution in [3.05, 3.63) is 0 Å². The Balaban J connectivity index is 1.69. The fourth-order valence-corrected chi connectivity index (χ4v) is 2.70. The first kappa shape index (κ1) is 16.5. The molecule has 3 aliphatic rings. The Hall–Kier alpha value is -0.400. The van der Waals surface area contributed by atoms with Gasteiger partial charge in [-0.3, -0.25) is 0 Å². The van der Waals surface area contributed by atoms with Gasteiger partial charge in [-0.1, -0.05) is 0 Å². The Labute approximate surface area is 125 Å². The summed E-state index contributed by atoms with van der Waals surface area (Å²) in [6.45, 7) is -0.565. The van der Waals surface area contributed by atoms with Gasteiger partial charge in [0.25, 0.3) is 0 Å². The SMILES string of the molecule is COC1OC2OC2C(OC2OC(CO)C(O)C(O)C2O)C1O. The van der Waals surface area contributed by atoms with E-state index in [9.17, 15) is 20.4 Å². The molecule has 10 nitrogen and oxygen atoms in total. The Kier molecular flexibility index (Phi) is 4.67. The minimum atomic E-state index is -1.55. The molecule has 10 atom stereocenters. The summed E-state index contributed by atoms with van der Waals surface area (Å²) in [5.41, 5.74) is 0. The summed E-state index contributed by atoms with van der Waals surface area (Å²) in [4.78, 5) is 0. The second-order valence-electron chi connectivity index (χ2n) is 5.50. The first-order valence-corrected chi connectivity index (χ1v) is 6.95. The maximum absolute atomic E-state index is 10.1. The molecule has 3 fully saturated rings. The highest BCUT2D eigenvalue weighted by Crippen LogP contribution is 2.39. The number of epoxide rings is 1. The lowest BCUT2D eigenvalue weighted by molar-refractivity contribution is -0.331.